The molecule has 29 heavy (non-hydrogen) atoms. The van der Waals surface area contributed by atoms with Crippen molar-refractivity contribution < 1.29 is 14.3 Å². The van der Waals surface area contributed by atoms with Crippen LogP contribution in [-0.4, -0.2) is 41.2 Å². The summed E-state index contributed by atoms with van der Waals surface area (Å²) < 4.78 is 10.1. The number of hydrogen-bond donors (Lipinski definition) is 2. The number of methoxy groups -OCH3 is 2. The van der Waals surface area contributed by atoms with Gasteiger partial charge in [0, 0.05) is 41.8 Å². The van der Waals surface area contributed by atoms with Crippen molar-refractivity contribution in [3.63, 3.8) is 0 Å². The lowest BCUT2D eigenvalue weighted by molar-refractivity contribution is 0.0597. The summed E-state index contributed by atoms with van der Waals surface area (Å²) in [6.45, 7) is 0. The van der Waals surface area contributed by atoms with Gasteiger partial charge in [-0.3, -0.25) is 4.98 Å². The van der Waals surface area contributed by atoms with Crippen LogP contribution in [0.25, 0.3) is 11.3 Å². The third kappa shape index (κ3) is 4.43. The van der Waals surface area contributed by atoms with Gasteiger partial charge < -0.3 is 20.1 Å². The van der Waals surface area contributed by atoms with E-state index in [1.165, 1.54) is 14.2 Å². The first kappa shape index (κ1) is 18.7. The second kappa shape index (κ2) is 8.14. The molecule has 0 atom stereocenters. The minimum Gasteiger partial charge on any atom is -0.496 e. The van der Waals surface area contributed by atoms with Gasteiger partial charge in [0.1, 0.15) is 17.1 Å². The molecule has 1 saturated carbocycles. The number of hydrogen-bond acceptors (Lipinski definition) is 8. The first-order chi connectivity index (χ1) is 14.2. The molecule has 8 heteroatoms. The number of nitrogens with zero attached hydrogens (tertiary/aromatic N) is 3. The molecule has 2 N–H and O–H groups in total. The Morgan fingerprint density at radius 2 is 1.86 bits per heavy atom. The van der Waals surface area contributed by atoms with Crippen molar-refractivity contribution in [2.45, 2.75) is 18.9 Å². The number of aromatic nitrogens is 3. The first-order valence-electron chi connectivity index (χ1n) is 9.25. The first-order valence-corrected chi connectivity index (χ1v) is 9.25. The smallest absolute Gasteiger partial charge is 0.341 e. The summed E-state index contributed by atoms with van der Waals surface area (Å²) in [5, 5.41) is 6.61. The molecule has 148 valence electrons. The zero-order valence-corrected chi connectivity index (χ0v) is 16.2. The average Bonchev–Trinajstić information content (AvgIpc) is 3.57. The van der Waals surface area contributed by atoms with Crippen molar-refractivity contribution >= 4 is 23.4 Å². The fourth-order valence-electron chi connectivity index (χ4n) is 2.85. The van der Waals surface area contributed by atoms with Crippen LogP contribution in [0, 0.1) is 0 Å². The van der Waals surface area contributed by atoms with Crippen LogP contribution in [0.2, 0.25) is 0 Å². The molecule has 0 unspecified atom stereocenters. The van der Waals surface area contributed by atoms with Crippen LogP contribution in [0.5, 0.6) is 5.75 Å². The minimum absolute atomic E-state index is 0.358. The molecule has 1 fully saturated rings. The van der Waals surface area contributed by atoms with Gasteiger partial charge in [-0.05, 0) is 37.1 Å². The van der Waals surface area contributed by atoms with E-state index < -0.39 is 5.97 Å². The van der Waals surface area contributed by atoms with E-state index in [0.717, 1.165) is 29.8 Å². The summed E-state index contributed by atoms with van der Waals surface area (Å²) in [7, 11) is 2.85. The number of anilines is 3. The highest BCUT2D eigenvalue weighted by Gasteiger charge is 2.22. The van der Waals surface area contributed by atoms with Crippen LogP contribution >= 0.6 is 0 Å². The lowest BCUT2D eigenvalue weighted by Crippen LogP contribution is -2.08. The predicted molar refractivity (Wildman–Crippen MR) is 110 cm³/mol. The summed E-state index contributed by atoms with van der Waals surface area (Å²) in [5.41, 5.74) is 2.82. The Morgan fingerprint density at radius 1 is 1.07 bits per heavy atom. The Kier molecular flexibility index (Phi) is 5.24. The second-order valence-electron chi connectivity index (χ2n) is 6.65. The topological polar surface area (TPSA) is 98.3 Å². The van der Waals surface area contributed by atoms with Crippen LogP contribution in [-0.2, 0) is 4.74 Å². The third-order valence-corrected chi connectivity index (χ3v) is 4.49. The van der Waals surface area contributed by atoms with Gasteiger partial charge in [0.25, 0.3) is 0 Å². The van der Waals surface area contributed by atoms with Crippen molar-refractivity contribution in [2.24, 2.45) is 0 Å². The Bertz CT molecular complexity index is 1020. The van der Waals surface area contributed by atoms with Gasteiger partial charge in [-0.15, -0.1) is 0 Å². The maximum atomic E-state index is 11.9. The van der Waals surface area contributed by atoms with Crippen molar-refractivity contribution in [1.82, 2.24) is 15.0 Å². The normalized spacial score (nSPS) is 12.9. The van der Waals surface area contributed by atoms with Crippen LogP contribution in [0.3, 0.4) is 0 Å². The van der Waals surface area contributed by atoms with Gasteiger partial charge in [0.2, 0.25) is 5.95 Å². The largest absolute Gasteiger partial charge is 0.496 e. The molecule has 2 aromatic heterocycles. The Labute approximate surface area is 168 Å². The summed E-state index contributed by atoms with van der Waals surface area (Å²) >= 11 is 0. The van der Waals surface area contributed by atoms with Gasteiger partial charge >= 0.3 is 5.97 Å². The van der Waals surface area contributed by atoms with Crippen molar-refractivity contribution in [3.8, 4) is 17.0 Å². The highest BCUT2D eigenvalue weighted by Crippen LogP contribution is 2.29. The molecule has 1 aliphatic carbocycles. The highest BCUT2D eigenvalue weighted by molar-refractivity contribution is 5.93. The van der Waals surface area contributed by atoms with E-state index in [1.807, 2.05) is 18.2 Å². The number of nitrogens with one attached hydrogen (secondary N) is 2. The zero-order valence-electron chi connectivity index (χ0n) is 16.2. The van der Waals surface area contributed by atoms with Crippen molar-refractivity contribution in [3.05, 3.63) is 54.4 Å². The maximum absolute atomic E-state index is 11.9. The molecule has 4 rings (SSSR count). The number of carbonyl (C=O) groups excluding carboxylic acids is 1. The number of rotatable bonds is 7. The summed E-state index contributed by atoms with van der Waals surface area (Å²) in [6, 6.07) is 11.3. The van der Waals surface area contributed by atoms with Crippen LogP contribution < -0.4 is 15.4 Å². The fraction of sp³-hybridized carbons (Fsp3) is 0.238. The van der Waals surface area contributed by atoms with E-state index in [9.17, 15) is 4.79 Å². The van der Waals surface area contributed by atoms with E-state index in [0.29, 0.717) is 29.1 Å². The molecular weight excluding hydrogens is 370 g/mol. The molecule has 0 aliphatic heterocycles. The zero-order chi connectivity index (χ0) is 20.2. The van der Waals surface area contributed by atoms with E-state index in [2.05, 4.69) is 25.6 Å². The molecule has 8 nitrogen and oxygen atoms in total. The average molecular weight is 391 g/mol. The van der Waals surface area contributed by atoms with Crippen molar-refractivity contribution in [2.75, 3.05) is 24.9 Å². The van der Waals surface area contributed by atoms with Gasteiger partial charge in [0.05, 0.1) is 19.9 Å². The minimum atomic E-state index is -0.452. The Balaban J connectivity index is 1.66. The number of esters is 1. The molecule has 2 heterocycles. The molecule has 1 aliphatic rings. The van der Waals surface area contributed by atoms with Gasteiger partial charge in [-0.1, -0.05) is 0 Å². The lowest BCUT2D eigenvalue weighted by atomic mass is 10.1. The number of carbonyl (C=O) groups is 1. The SMILES string of the molecule is COC(=O)c1ccc(Nc2cc(-c3ccncc3)nc(NC3CC3)n2)cc1OC. The van der Waals surface area contributed by atoms with Crippen LogP contribution in [0.1, 0.15) is 23.2 Å². The Hall–Kier alpha value is -3.68. The van der Waals surface area contributed by atoms with E-state index in [4.69, 9.17) is 9.47 Å². The van der Waals surface area contributed by atoms with E-state index >= 15 is 0 Å². The summed E-state index contributed by atoms with van der Waals surface area (Å²) in [5.74, 6) is 1.17. The maximum Gasteiger partial charge on any atom is 0.341 e. The lowest BCUT2D eigenvalue weighted by Gasteiger charge is -2.13. The summed E-state index contributed by atoms with van der Waals surface area (Å²) in [4.78, 5) is 25.1. The second-order valence-corrected chi connectivity index (χ2v) is 6.65. The van der Waals surface area contributed by atoms with Crippen LogP contribution in [0.4, 0.5) is 17.5 Å². The molecule has 0 saturated heterocycles. The Morgan fingerprint density at radius 3 is 2.55 bits per heavy atom. The van der Waals surface area contributed by atoms with Gasteiger partial charge in [-0.2, -0.15) is 4.98 Å². The molecule has 0 bridgehead atoms. The summed E-state index contributed by atoms with van der Waals surface area (Å²) in [6.07, 6.45) is 5.71. The number of ether oxygens (including phenoxy) is 2. The standard InChI is InChI=1S/C21H21N5O3/c1-28-18-11-15(5-6-16(18)20(27)29-2)23-19-12-17(13-7-9-22-10-8-13)25-21(26-19)24-14-3-4-14/h5-12,14H,3-4H2,1-2H3,(H2,23,24,25,26). The molecule has 0 spiro atoms. The molecular formula is C21H21N5O3. The van der Waals surface area contributed by atoms with Gasteiger partial charge in [0.15, 0.2) is 0 Å². The molecule has 0 radical (unpaired) electrons. The van der Waals surface area contributed by atoms with Crippen LogP contribution in [0.15, 0.2) is 48.8 Å². The van der Waals surface area contributed by atoms with Gasteiger partial charge in [-0.25, -0.2) is 9.78 Å². The predicted octanol–water partition coefficient (Wildman–Crippen LogP) is 3.65. The highest BCUT2D eigenvalue weighted by atomic mass is 16.5. The molecule has 0 amide bonds. The quantitative estimate of drug-likeness (QED) is 0.589. The monoisotopic (exact) mass is 391 g/mol. The van der Waals surface area contributed by atoms with E-state index in [1.54, 1.807) is 30.6 Å². The molecule has 3 aromatic rings. The third-order valence-electron chi connectivity index (χ3n) is 4.49. The fourth-order valence-corrected chi connectivity index (χ4v) is 2.85. The number of benzene rings is 1. The molecule has 1 aromatic carbocycles. The number of pyridine rings is 1. The van der Waals surface area contributed by atoms with Crippen molar-refractivity contribution in [1.29, 1.82) is 0 Å². The van der Waals surface area contributed by atoms with E-state index in [-0.39, 0.29) is 0 Å².